The first-order valence-electron chi connectivity index (χ1n) is 5.96. The van der Waals surface area contributed by atoms with Crippen molar-refractivity contribution in [2.45, 2.75) is 6.92 Å². The molecule has 0 bridgehead atoms. The van der Waals surface area contributed by atoms with E-state index in [1.807, 2.05) is 6.92 Å². The predicted octanol–water partition coefficient (Wildman–Crippen LogP) is 4.15. The van der Waals surface area contributed by atoms with Gasteiger partial charge in [0.1, 0.15) is 5.69 Å². The minimum atomic E-state index is -0.319. The molecular formula is C14H12BrClN2O2. The lowest BCUT2D eigenvalue weighted by Gasteiger charge is -2.13. The van der Waals surface area contributed by atoms with E-state index in [1.165, 1.54) is 0 Å². The summed E-state index contributed by atoms with van der Waals surface area (Å²) in [5.74, 6) is 0.224. The molecule has 0 aliphatic heterocycles. The highest BCUT2D eigenvalue weighted by molar-refractivity contribution is 9.10. The average molecular weight is 356 g/mol. The molecule has 0 fully saturated rings. The Kier molecular flexibility index (Phi) is 4.98. The van der Waals surface area contributed by atoms with E-state index in [2.05, 4.69) is 26.2 Å². The van der Waals surface area contributed by atoms with Crippen LogP contribution >= 0.6 is 27.5 Å². The van der Waals surface area contributed by atoms with E-state index < -0.39 is 0 Å². The van der Waals surface area contributed by atoms with Crippen molar-refractivity contribution in [1.29, 1.82) is 0 Å². The van der Waals surface area contributed by atoms with Crippen molar-refractivity contribution in [3.63, 3.8) is 0 Å². The second-order valence-corrected chi connectivity index (χ2v) is 5.16. The van der Waals surface area contributed by atoms with Crippen LogP contribution in [0.4, 0.5) is 5.69 Å². The molecule has 6 heteroatoms. The number of pyridine rings is 1. The third kappa shape index (κ3) is 3.49. The molecule has 0 atom stereocenters. The summed E-state index contributed by atoms with van der Waals surface area (Å²) in [6, 6.07) is 8.48. The van der Waals surface area contributed by atoms with Gasteiger partial charge in [0.15, 0.2) is 5.75 Å². The highest BCUT2D eigenvalue weighted by Gasteiger charge is 2.14. The molecule has 20 heavy (non-hydrogen) atoms. The normalized spacial score (nSPS) is 10.2. The Morgan fingerprint density at radius 3 is 2.90 bits per heavy atom. The SMILES string of the molecule is CCOc1c(Br)cc(Cl)cc1NC(=O)c1ccccn1. The zero-order valence-electron chi connectivity index (χ0n) is 10.7. The maximum Gasteiger partial charge on any atom is 0.274 e. The van der Waals surface area contributed by atoms with Crippen molar-refractivity contribution < 1.29 is 9.53 Å². The lowest BCUT2D eigenvalue weighted by Crippen LogP contribution is -2.14. The Hall–Kier alpha value is -1.59. The number of anilines is 1. The number of nitrogens with zero attached hydrogens (tertiary/aromatic N) is 1. The fraction of sp³-hybridized carbons (Fsp3) is 0.143. The summed E-state index contributed by atoms with van der Waals surface area (Å²) >= 11 is 9.37. The Morgan fingerprint density at radius 1 is 1.45 bits per heavy atom. The van der Waals surface area contributed by atoms with Crippen molar-refractivity contribution in [3.05, 3.63) is 51.7 Å². The summed E-state index contributed by atoms with van der Waals surface area (Å²) in [7, 11) is 0. The Morgan fingerprint density at radius 2 is 2.25 bits per heavy atom. The van der Waals surface area contributed by atoms with Gasteiger partial charge in [0, 0.05) is 11.2 Å². The van der Waals surface area contributed by atoms with E-state index in [4.69, 9.17) is 16.3 Å². The first-order valence-corrected chi connectivity index (χ1v) is 7.13. The summed E-state index contributed by atoms with van der Waals surface area (Å²) in [4.78, 5) is 16.1. The molecule has 0 aliphatic carbocycles. The fourth-order valence-corrected chi connectivity index (χ4v) is 2.55. The molecule has 1 aromatic carbocycles. The van der Waals surface area contributed by atoms with E-state index in [0.29, 0.717) is 33.2 Å². The van der Waals surface area contributed by atoms with E-state index in [0.717, 1.165) is 0 Å². The zero-order valence-corrected chi connectivity index (χ0v) is 13.0. The van der Waals surface area contributed by atoms with Crippen molar-refractivity contribution >= 4 is 39.1 Å². The maximum absolute atomic E-state index is 12.1. The van der Waals surface area contributed by atoms with Crippen LogP contribution in [0.1, 0.15) is 17.4 Å². The van der Waals surface area contributed by atoms with Gasteiger partial charge in [-0.2, -0.15) is 0 Å². The van der Waals surface area contributed by atoms with Crippen molar-refractivity contribution in [3.8, 4) is 5.75 Å². The largest absolute Gasteiger partial charge is 0.491 e. The van der Waals surface area contributed by atoms with Crippen LogP contribution < -0.4 is 10.1 Å². The van der Waals surface area contributed by atoms with Gasteiger partial charge in [-0.3, -0.25) is 9.78 Å². The van der Waals surface area contributed by atoms with E-state index in [-0.39, 0.29) is 5.91 Å². The number of hydrogen-bond acceptors (Lipinski definition) is 3. The van der Waals surface area contributed by atoms with Crippen molar-refractivity contribution in [2.75, 3.05) is 11.9 Å². The number of benzene rings is 1. The van der Waals surface area contributed by atoms with E-state index in [1.54, 1.807) is 36.5 Å². The molecule has 104 valence electrons. The van der Waals surface area contributed by atoms with Crippen LogP contribution in [-0.4, -0.2) is 17.5 Å². The molecule has 2 rings (SSSR count). The molecule has 0 unspecified atom stereocenters. The van der Waals surface area contributed by atoms with Crippen molar-refractivity contribution in [1.82, 2.24) is 4.98 Å². The molecule has 0 radical (unpaired) electrons. The van der Waals surface area contributed by atoms with Crippen LogP contribution in [0.25, 0.3) is 0 Å². The number of amides is 1. The van der Waals surface area contributed by atoms with Crippen molar-refractivity contribution in [2.24, 2.45) is 0 Å². The molecule has 2 aromatic rings. The second kappa shape index (κ2) is 6.72. The highest BCUT2D eigenvalue weighted by atomic mass is 79.9. The van der Waals surface area contributed by atoms with Gasteiger partial charge in [0.05, 0.1) is 16.8 Å². The molecular weight excluding hydrogens is 344 g/mol. The van der Waals surface area contributed by atoms with Crippen LogP contribution in [0.15, 0.2) is 41.0 Å². The molecule has 1 aromatic heterocycles. The molecule has 0 aliphatic rings. The molecule has 0 spiro atoms. The van der Waals surface area contributed by atoms with Gasteiger partial charge < -0.3 is 10.1 Å². The predicted molar refractivity (Wildman–Crippen MR) is 82.5 cm³/mol. The summed E-state index contributed by atoms with van der Waals surface area (Å²) in [6.07, 6.45) is 1.56. The summed E-state index contributed by atoms with van der Waals surface area (Å²) in [5.41, 5.74) is 0.827. The first kappa shape index (κ1) is 14.8. The Bertz CT molecular complexity index is 620. The maximum atomic E-state index is 12.1. The fourth-order valence-electron chi connectivity index (χ4n) is 1.63. The highest BCUT2D eigenvalue weighted by Crippen LogP contribution is 2.36. The Labute approximate surface area is 130 Å². The number of carbonyl (C=O) groups excluding carboxylic acids is 1. The minimum absolute atomic E-state index is 0.319. The molecule has 1 amide bonds. The van der Waals surface area contributed by atoms with E-state index >= 15 is 0 Å². The van der Waals surface area contributed by atoms with Gasteiger partial charge in [0.25, 0.3) is 5.91 Å². The van der Waals surface area contributed by atoms with Crippen LogP contribution in [0.2, 0.25) is 5.02 Å². The standard InChI is InChI=1S/C14H12BrClN2O2/c1-2-20-13-10(15)7-9(16)8-12(13)18-14(19)11-5-3-4-6-17-11/h3-8H,2H2,1H3,(H,18,19). The van der Waals surface area contributed by atoms with Gasteiger partial charge >= 0.3 is 0 Å². The number of ether oxygens (including phenoxy) is 1. The third-order valence-electron chi connectivity index (χ3n) is 2.44. The van der Waals surface area contributed by atoms with Gasteiger partial charge in [-0.25, -0.2) is 0 Å². The van der Waals surface area contributed by atoms with Crippen LogP contribution in [0.5, 0.6) is 5.75 Å². The van der Waals surface area contributed by atoms with Crippen LogP contribution in [0.3, 0.4) is 0 Å². The lowest BCUT2D eigenvalue weighted by molar-refractivity contribution is 0.102. The number of halogens is 2. The zero-order chi connectivity index (χ0) is 14.5. The molecule has 0 saturated carbocycles. The number of hydrogen-bond donors (Lipinski definition) is 1. The molecule has 1 heterocycles. The minimum Gasteiger partial charge on any atom is -0.491 e. The van der Waals surface area contributed by atoms with Gasteiger partial charge in [-0.1, -0.05) is 17.7 Å². The number of rotatable bonds is 4. The molecule has 1 N–H and O–H groups in total. The Balaban J connectivity index is 2.31. The van der Waals surface area contributed by atoms with Gasteiger partial charge in [-0.15, -0.1) is 0 Å². The summed E-state index contributed by atoms with van der Waals surface area (Å²) < 4.78 is 6.20. The number of aromatic nitrogens is 1. The topological polar surface area (TPSA) is 51.2 Å². The van der Waals surface area contributed by atoms with Crippen LogP contribution in [0, 0.1) is 0 Å². The molecule has 4 nitrogen and oxygen atoms in total. The quantitative estimate of drug-likeness (QED) is 0.896. The third-order valence-corrected chi connectivity index (χ3v) is 3.25. The van der Waals surface area contributed by atoms with E-state index in [9.17, 15) is 4.79 Å². The second-order valence-electron chi connectivity index (χ2n) is 3.87. The number of carbonyl (C=O) groups is 1. The van der Waals surface area contributed by atoms with Gasteiger partial charge in [-0.05, 0) is 47.1 Å². The lowest BCUT2D eigenvalue weighted by atomic mass is 10.2. The molecule has 0 saturated heterocycles. The monoisotopic (exact) mass is 354 g/mol. The summed E-state index contributed by atoms with van der Waals surface area (Å²) in [5, 5.41) is 3.25. The smallest absolute Gasteiger partial charge is 0.274 e. The average Bonchev–Trinajstić information content (AvgIpc) is 2.43. The van der Waals surface area contributed by atoms with Crippen LogP contribution in [-0.2, 0) is 0 Å². The number of nitrogens with one attached hydrogen (secondary N) is 1. The summed E-state index contributed by atoms with van der Waals surface area (Å²) in [6.45, 7) is 2.35. The first-order chi connectivity index (χ1) is 9.61. The van der Waals surface area contributed by atoms with Gasteiger partial charge in [0.2, 0.25) is 0 Å².